The molecular formula is C16H32N2O3. The molecule has 1 amide bonds. The van der Waals surface area contributed by atoms with Crippen molar-refractivity contribution in [2.45, 2.75) is 71.8 Å². The number of carbonyl (C=O) groups excluding carboxylic acids is 1. The third-order valence-corrected chi connectivity index (χ3v) is 3.72. The Hall–Kier alpha value is -1.10. The lowest BCUT2D eigenvalue weighted by molar-refractivity contribution is -0.137. The van der Waals surface area contributed by atoms with E-state index in [0.717, 1.165) is 32.1 Å². The first kappa shape index (κ1) is 19.9. The molecule has 0 aromatic rings. The van der Waals surface area contributed by atoms with Gasteiger partial charge >= 0.3 is 5.97 Å². The number of rotatable bonds is 12. The second-order valence-corrected chi connectivity index (χ2v) is 6.23. The average molecular weight is 300 g/mol. The molecule has 5 heteroatoms. The molecule has 0 aliphatic carbocycles. The Balaban J connectivity index is 4.33. The summed E-state index contributed by atoms with van der Waals surface area (Å²) in [5, 5.41) is 11.9. The Bertz CT molecular complexity index is 308. The van der Waals surface area contributed by atoms with Crippen LogP contribution in [-0.4, -0.2) is 29.6 Å². The predicted octanol–water partition coefficient (Wildman–Crippen LogP) is 2.54. The second-order valence-electron chi connectivity index (χ2n) is 6.23. The van der Waals surface area contributed by atoms with Crippen molar-refractivity contribution >= 4 is 11.9 Å². The number of carbonyl (C=O) groups is 2. The average Bonchev–Trinajstić information content (AvgIpc) is 2.35. The van der Waals surface area contributed by atoms with E-state index in [1.54, 1.807) is 0 Å². The summed E-state index contributed by atoms with van der Waals surface area (Å²) >= 11 is 0. The quantitative estimate of drug-likeness (QED) is 0.516. The number of carboxylic acid groups (broad SMARTS) is 1. The van der Waals surface area contributed by atoms with Crippen LogP contribution >= 0.6 is 0 Å². The minimum Gasteiger partial charge on any atom is -0.481 e. The third kappa shape index (κ3) is 11.3. The topological polar surface area (TPSA) is 92.4 Å². The van der Waals surface area contributed by atoms with Gasteiger partial charge in [-0.3, -0.25) is 9.59 Å². The van der Waals surface area contributed by atoms with Crippen LogP contribution in [0.4, 0.5) is 0 Å². The van der Waals surface area contributed by atoms with E-state index in [9.17, 15) is 9.59 Å². The van der Waals surface area contributed by atoms with Gasteiger partial charge in [-0.15, -0.1) is 0 Å². The molecule has 0 radical (unpaired) electrons. The molecule has 0 saturated heterocycles. The van der Waals surface area contributed by atoms with E-state index in [-0.39, 0.29) is 24.3 Å². The van der Waals surface area contributed by atoms with E-state index in [2.05, 4.69) is 19.2 Å². The maximum Gasteiger partial charge on any atom is 0.305 e. The molecule has 0 bridgehead atoms. The molecule has 4 N–H and O–H groups in total. The summed E-state index contributed by atoms with van der Waals surface area (Å²) in [4.78, 5) is 22.9. The van der Waals surface area contributed by atoms with E-state index in [1.165, 1.54) is 0 Å². The summed E-state index contributed by atoms with van der Waals surface area (Å²) in [7, 11) is 0. The van der Waals surface area contributed by atoms with Gasteiger partial charge in [-0.1, -0.05) is 40.0 Å². The highest BCUT2D eigenvalue weighted by atomic mass is 16.4. The number of hydrogen-bond donors (Lipinski definition) is 3. The first-order valence-corrected chi connectivity index (χ1v) is 8.10. The van der Waals surface area contributed by atoms with Crippen molar-refractivity contribution in [2.24, 2.45) is 17.6 Å². The van der Waals surface area contributed by atoms with Crippen LogP contribution in [0.25, 0.3) is 0 Å². The molecule has 0 rings (SSSR count). The number of nitrogens with two attached hydrogens (primary N) is 1. The summed E-state index contributed by atoms with van der Waals surface area (Å²) in [5.74, 6) is -0.267. The molecule has 0 aromatic heterocycles. The molecule has 0 heterocycles. The van der Waals surface area contributed by atoms with Crippen LogP contribution in [0.1, 0.15) is 65.7 Å². The van der Waals surface area contributed by atoms with Crippen LogP contribution in [-0.2, 0) is 9.59 Å². The van der Waals surface area contributed by atoms with Gasteiger partial charge in [0.2, 0.25) is 5.91 Å². The number of unbranched alkanes of at least 4 members (excludes halogenated alkanes) is 1. The highest BCUT2D eigenvalue weighted by Gasteiger charge is 2.19. The van der Waals surface area contributed by atoms with Gasteiger partial charge in [0.1, 0.15) is 0 Å². The maximum absolute atomic E-state index is 12.0. The highest BCUT2D eigenvalue weighted by Crippen LogP contribution is 2.16. The molecule has 3 unspecified atom stereocenters. The Morgan fingerprint density at radius 1 is 1.14 bits per heavy atom. The van der Waals surface area contributed by atoms with Gasteiger partial charge in [0, 0.05) is 12.5 Å². The zero-order chi connectivity index (χ0) is 16.3. The molecule has 0 fully saturated rings. The van der Waals surface area contributed by atoms with Crippen LogP contribution in [0.3, 0.4) is 0 Å². The predicted molar refractivity (Wildman–Crippen MR) is 84.9 cm³/mol. The molecule has 0 aliphatic heterocycles. The van der Waals surface area contributed by atoms with Crippen molar-refractivity contribution < 1.29 is 14.7 Å². The summed E-state index contributed by atoms with van der Waals surface area (Å²) in [6.45, 7) is 6.82. The van der Waals surface area contributed by atoms with E-state index < -0.39 is 5.97 Å². The van der Waals surface area contributed by atoms with Crippen LogP contribution in [0, 0.1) is 11.8 Å². The Kier molecular flexibility index (Phi) is 10.9. The fourth-order valence-corrected chi connectivity index (χ4v) is 2.55. The van der Waals surface area contributed by atoms with Crippen LogP contribution in [0.2, 0.25) is 0 Å². The molecule has 21 heavy (non-hydrogen) atoms. The number of hydrogen-bond acceptors (Lipinski definition) is 3. The van der Waals surface area contributed by atoms with Crippen LogP contribution in [0.5, 0.6) is 0 Å². The van der Waals surface area contributed by atoms with Gasteiger partial charge in [-0.2, -0.15) is 0 Å². The number of carboxylic acids is 1. The molecule has 0 saturated carbocycles. The largest absolute Gasteiger partial charge is 0.481 e. The van der Waals surface area contributed by atoms with Crippen molar-refractivity contribution in [3.05, 3.63) is 0 Å². The van der Waals surface area contributed by atoms with Crippen molar-refractivity contribution in [2.75, 3.05) is 6.54 Å². The summed E-state index contributed by atoms with van der Waals surface area (Å²) in [6.07, 6.45) is 5.29. The van der Waals surface area contributed by atoms with E-state index >= 15 is 0 Å². The van der Waals surface area contributed by atoms with Crippen molar-refractivity contribution in [1.82, 2.24) is 5.32 Å². The number of aliphatic carboxylic acids is 1. The smallest absolute Gasteiger partial charge is 0.305 e. The van der Waals surface area contributed by atoms with Crippen LogP contribution in [0.15, 0.2) is 0 Å². The molecule has 0 aliphatic rings. The fourth-order valence-electron chi connectivity index (χ4n) is 2.55. The lowest BCUT2D eigenvalue weighted by Gasteiger charge is -2.22. The Labute approximate surface area is 128 Å². The van der Waals surface area contributed by atoms with E-state index in [1.807, 2.05) is 6.92 Å². The summed E-state index contributed by atoms with van der Waals surface area (Å²) in [5.41, 5.74) is 5.48. The van der Waals surface area contributed by atoms with E-state index in [4.69, 9.17) is 10.8 Å². The molecule has 0 aromatic carbocycles. The van der Waals surface area contributed by atoms with Crippen LogP contribution < -0.4 is 11.1 Å². The van der Waals surface area contributed by atoms with Crippen molar-refractivity contribution in [3.63, 3.8) is 0 Å². The minimum atomic E-state index is -0.863. The zero-order valence-corrected chi connectivity index (χ0v) is 13.7. The van der Waals surface area contributed by atoms with Gasteiger partial charge in [-0.05, 0) is 31.2 Å². The monoisotopic (exact) mass is 300 g/mol. The summed E-state index contributed by atoms with van der Waals surface area (Å²) < 4.78 is 0. The standard InChI is InChI=1S/C16H32N2O3/c1-4-5-6-12(2)9-14(11-16(20)21)18-15(19)10-13(3)7-8-17/h12-14H,4-11,17H2,1-3H3,(H,18,19)(H,20,21). The normalized spacial score (nSPS) is 15.2. The van der Waals surface area contributed by atoms with Crippen molar-refractivity contribution in [1.29, 1.82) is 0 Å². The zero-order valence-electron chi connectivity index (χ0n) is 13.7. The minimum absolute atomic E-state index is 0.00647. The second kappa shape index (κ2) is 11.5. The maximum atomic E-state index is 12.0. The molecule has 5 nitrogen and oxygen atoms in total. The first-order chi connectivity index (χ1) is 9.88. The third-order valence-electron chi connectivity index (χ3n) is 3.72. The number of amides is 1. The van der Waals surface area contributed by atoms with Gasteiger partial charge in [0.15, 0.2) is 0 Å². The van der Waals surface area contributed by atoms with Crippen molar-refractivity contribution in [3.8, 4) is 0 Å². The lowest BCUT2D eigenvalue weighted by atomic mass is 9.94. The number of nitrogens with one attached hydrogen (secondary N) is 1. The molecule has 0 spiro atoms. The first-order valence-electron chi connectivity index (χ1n) is 8.10. The molecule has 3 atom stereocenters. The fraction of sp³-hybridized carbons (Fsp3) is 0.875. The van der Waals surface area contributed by atoms with Gasteiger partial charge in [0.25, 0.3) is 0 Å². The van der Waals surface area contributed by atoms with Gasteiger partial charge < -0.3 is 16.2 Å². The summed E-state index contributed by atoms with van der Waals surface area (Å²) in [6, 6.07) is -0.271. The van der Waals surface area contributed by atoms with Gasteiger partial charge in [0.05, 0.1) is 6.42 Å². The lowest BCUT2D eigenvalue weighted by Crippen LogP contribution is -2.38. The Morgan fingerprint density at radius 2 is 1.81 bits per heavy atom. The Morgan fingerprint density at radius 3 is 2.33 bits per heavy atom. The molecule has 124 valence electrons. The SMILES string of the molecule is CCCCC(C)CC(CC(=O)O)NC(=O)CC(C)CCN. The molecular weight excluding hydrogens is 268 g/mol. The van der Waals surface area contributed by atoms with E-state index in [0.29, 0.717) is 18.9 Å². The van der Waals surface area contributed by atoms with Gasteiger partial charge in [-0.25, -0.2) is 0 Å². The highest BCUT2D eigenvalue weighted by molar-refractivity contribution is 5.77.